The zero-order valence-corrected chi connectivity index (χ0v) is 13.0. The Morgan fingerprint density at radius 3 is 2.84 bits per heavy atom. The molecule has 0 bridgehead atoms. The van der Waals surface area contributed by atoms with Gasteiger partial charge in [0.05, 0.1) is 10.7 Å². The monoisotopic (exact) mass is 391 g/mol. The number of carboxylic acid groups (broad SMARTS) is 1. The van der Waals surface area contributed by atoms with Crippen molar-refractivity contribution in [1.29, 1.82) is 0 Å². The molecular formula is C12H11ClIN3O2. The third kappa shape index (κ3) is 3.06. The van der Waals surface area contributed by atoms with Crippen LogP contribution in [0.5, 0.6) is 0 Å². The fourth-order valence-corrected chi connectivity index (χ4v) is 2.60. The molecule has 1 heterocycles. The van der Waals surface area contributed by atoms with E-state index < -0.39 is 5.97 Å². The number of carbonyl (C=O) groups is 1. The minimum absolute atomic E-state index is 0.210. The Labute approximate surface area is 128 Å². The first-order valence-corrected chi connectivity index (χ1v) is 7.13. The Kier molecular flexibility index (Phi) is 4.41. The second-order valence-corrected chi connectivity index (χ2v) is 5.57. The lowest BCUT2D eigenvalue weighted by Gasteiger charge is -2.07. The normalized spacial score (nSPS) is 10.7. The van der Waals surface area contributed by atoms with Crippen molar-refractivity contribution < 1.29 is 9.90 Å². The van der Waals surface area contributed by atoms with Crippen LogP contribution in [-0.2, 0) is 6.42 Å². The SMILES string of the molecule is CCCc1nc(C(=O)O)nn1-c1ccc(I)cc1Cl. The van der Waals surface area contributed by atoms with Gasteiger partial charge in [0.25, 0.3) is 5.82 Å². The van der Waals surface area contributed by atoms with Crippen molar-refractivity contribution in [2.45, 2.75) is 19.8 Å². The second-order valence-electron chi connectivity index (χ2n) is 3.91. The molecule has 7 heteroatoms. The summed E-state index contributed by atoms with van der Waals surface area (Å²) in [6.45, 7) is 2.00. The largest absolute Gasteiger partial charge is 0.475 e. The van der Waals surface area contributed by atoms with Crippen molar-refractivity contribution in [3.63, 3.8) is 0 Å². The number of benzene rings is 1. The smallest absolute Gasteiger partial charge is 0.375 e. The number of aryl methyl sites for hydroxylation is 1. The van der Waals surface area contributed by atoms with E-state index in [-0.39, 0.29) is 5.82 Å². The molecule has 1 aromatic heterocycles. The summed E-state index contributed by atoms with van der Waals surface area (Å²) in [5.41, 5.74) is 0.644. The van der Waals surface area contributed by atoms with Gasteiger partial charge in [0.15, 0.2) is 0 Å². The summed E-state index contributed by atoms with van der Waals surface area (Å²) < 4.78 is 2.51. The van der Waals surface area contributed by atoms with E-state index in [4.69, 9.17) is 16.7 Å². The number of hydrogen-bond donors (Lipinski definition) is 1. The Balaban J connectivity index is 2.56. The molecular weight excluding hydrogens is 381 g/mol. The molecule has 0 amide bonds. The van der Waals surface area contributed by atoms with Crippen LogP contribution in [0.2, 0.25) is 5.02 Å². The maximum Gasteiger partial charge on any atom is 0.375 e. The van der Waals surface area contributed by atoms with Crippen LogP contribution in [0.25, 0.3) is 5.69 Å². The predicted octanol–water partition coefficient (Wildman–Crippen LogP) is 3.18. The number of carboxylic acids is 1. The van der Waals surface area contributed by atoms with Gasteiger partial charge in [-0.2, -0.15) is 0 Å². The predicted molar refractivity (Wildman–Crippen MR) is 80.0 cm³/mol. The second kappa shape index (κ2) is 5.87. The Morgan fingerprint density at radius 1 is 1.53 bits per heavy atom. The van der Waals surface area contributed by atoms with E-state index in [0.717, 1.165) is 9.99 Å². The van der Waals surface area contributed by atoms with Gasteiger partial charge in [-0.3, -0.25) is 0 Å². The minimum atomic E-state index is -1.14. The molecule has 0 atom stereocenters. The molecule has 2 aromatic rings. The molecule has 0 aliphatic rings. The average molecular weight is 392 g/mol. The Hall–Kier alpha value is -1.15. The summed E-state index contributed by atoms with van der Waals surface area (Å²) in [5, 5.41) is 13.5. The standard InChI is InChI=1S/C12H11ClIN3O2/c1-2-3-10-15-11(12(18)19)16-17(10)9-5-4-7(14)6-8(9)13/h4-6H,2-3H2,1H3,(H,18,19). The molecule has 0 spiro atoms. The third-order valence-corrected chi connectivity index (χ3v) is 3.45. The molecule has 0 unspecified atom stereocenters. The van der Waals surface area contributed by atoms with Crippen molar-refractivity contribution in [1.82, 2.24) is 14.8 Å². The molecule has 0 aliphatic carbocycles. The number of aromatic nitrogens is 3. The Bertz CT molecular complexity index is 627. The molecule has 0 aliphatic heterocycles. The Morgan fingerprint density at radius 2 is 2.26 bits per heavy atom. The molecule has 100 valence electrons. The van der Waals surface area contributed by atoms with Gasteiger partial charge in [-0.1, -0.05) is 18.5 Å². The van der Waals surface area contributed by atoms with Gasteiger partial charge >= 0.3 is 5.97 Å². The van der Waals surface area contributed by atoms with E-state index >= 15 is 0 Å². The summed E-state index contributed by atoms with van der Waals surface area (Å²) in [7, 11) is 0. The van der Waals surface area contributed by atoms with Crippen LogP contribution in [0, 0.1) is 3.57 Å². The van der Waals surface area contributed by atoms with Crippen molar-refractivity contribution in [2.75, 3.05) is 0 Å². The summed E-state index contributed by atoms with van der Waals surface area (Å²) >= 11 is 8.34. The fraction of sp³-hybridized carbons (Fsp3) is 0.250. The first kappa shape index (κ1) is 14.3. The zero-order valence-electron chi connectivity index (χ0n) is 10.1. The van der Waals surface area contributed by atoms with E-state index in [2.05, 4.69) is 32.7 Å². The van der Waals surface area contributed by atoms with Crippen LogP contribution in [0.3, 0.4) is 0 Å². The molecule has 19 heavy (non-hydrogen) atoms. The van der Waals surface area contributed by atoms with E-state index in [1.807, 2.05) is 19.1 Å². The van der Waals surface area contributed by atoms with E-state index in [0.29, 0.717) is 23.0 Å². The van der Waals surface area contributed by atoms with Crippen LogP contribution in [0.15, 0.2) is 18.2 Å². The summed E-state index contributed by atoms with van der Waals surface area (Å²) in [5.74, 6) is -0.751. The number of rotatable bonds is 4. The van der Waals surface area contributed by atoms with Gasteiger partial charge in [-0.15, -0.1) is 5.10 Å². The van der Waals surface area contributed by atoms with Crippen LogP contribution >= 0.6 is 34.2 Å². The number of nitrogens with zero attached hydrogens (tertiary/aromatic N) is 3. The van der Waals surface area contributed by atoms with Crippen molar-refractivity contribution in [3.05, 3.63) is 38.4 Å². The lowest BCUT2D eigenvalue weighted by atomic mass is 10.3. The van der Waals surface area contributed by atoms with Crippen molar-refractivity contribution >= 4 is 40.2 Å². The molecule has 0 saturated heterocycles. The highest BCUT2D eigenvalue weighted by Crippen LogP contribution is 2.23. The summed E-state index contributed by atoms with van der Waals surface area (Å²) in [4.78, 5) is 15.0. The third-order valence-electron chi connectivity index (χ3n) is 2.48. The maximum absolute atomic E-state index is 11.0. The lowest BCUT2D eigenvalue weighted by Crippen LogP contribution is -2.04. The molecule has 0 saturated carbocycles. The molecule has 5 nitrogen and oxygen atoms in total. The minimum Gasteiger partial charge on any atom is -0.475 e. The summed E-state index contributed by atoms with van der Waals surface area (Å²) in [6.07, 6.45) is 1.49. The summed E-state index contributed by atoms with van der Waals surface area (Å²) in [6, 6.07) is 5.50. The van der Waals surface area contributed by atoms with Gasteiger partial charge in [-0.05, 0) is 47.2 Å². The first-order chi connectivity index (χ1) is 9.02. The highest BCUT2D eigenvalue weighted by atomic mass is 127. The number of aromatic carboxylic acids is 1. The topological polar surface area (TPSA) is 68.0 Å². The van der Waals surface area contributed by atoms with Crippen LogP contribution < -0.4 is 0 Å². The highest BCUT2D eigenvalue weighted by Gasteiger charge is 2.17. The van der Waals surface area contributed by atoms with E-state index in [9.17, 15) is 4.79 Å². The zero-order chi connectivity index (χ0) is 14.0. The van der Waals surface area contributed by atoms with Crippen LogP contribution in [0.4, 0.5) is 0 Å². The highest BCUT2D eigenvalue weighted by molar-refractivity contribution is 14.1. The van der Waals surface area contributed by atoms with Crippen molar-refractivity contribution in [3.8, 4) is 5.69 Å². The molecule has 1 N–H and O–H groups in total. The molecule has 0 radical (unpaired) electrons. The van der Waals surface area contributed by atoms with Gasteiger partial charge in [0.2, 0.25) is 0 Å². The van der Waals surface area contributed by atoms with Crippen LogP contribution in [-0.4, -0.2) is 25.8 Å². The fourth-order valence-electron chi connectivity index (χ4n) is 1.67. The number of halogens is 2. The molecule has 1 aromatic carbocycles. The molecule has 0 fully saturated rings. The quantitative estimate of drug-likeness (QED) is 0.813. The maximum atomic E-state index is 11.0. The number of hydrogen-bond acceptors (Lipinski definition) is 3. The molecule has 2 rings (SSSR count). The van der Waals surface area contributed by atoms with Gasteiger partial charge < -0.3 is 5.11 Å². The van der Waals surface area contributed by atoms with Gasteiger partial charge in [-0.25, -0.2) is 14.5 Å². The van der Waals surface area contributed by atoms with Crippen LogP contribution in [0.1, 0.15) is 29.8 Å². The van der Waals surface area contributed by atoms with E-state index in [1.165, 1.54) is 4.68 Å². The van der Waals surface area contributed by atoms with E-state index in [1.54, 1.807) is 6.07 Å². The van der Waals surface area contributed by atoms with Gasteiger partial charge in [0.1, 0.15) is 5.82 Å². The first-order valence-electron chi connectivity index (χ1n) is 5.67. The lowest BCUT2D eigenvalue weighted by molar-refractivity contribution is 0.0683. The average Bonchev–Trinajstić information content (AvgIpc) is 2.74. The van der Waals surface area contributed by atoms with Gasteiger partial charge in [0, 0.05) is 9.99 Å². The van der Waals surface area contributed by atoms with Crippen molar-refractivity contribution in [2.24, 2.45) is 0 Å².